The Morgan fingerprint density at radius 3 is 3.00 bits per heavy atom. The van der Waals surface area contributed by atoms with E-state index < -0.39 is 0 Å². The third-order valence-corrected chi connectivity index (χ3v) is 3.70. The molecule has 1 aromatic heterocycles. The number of carbonyl (C=O) groups is 2. The number of carbonyl (C=O) groups excluding carboxylic acids is 2. The van der Waals surface area contributed by atoms with E-state index in [-0.39, 0.29) is 30.3 Å². The number of piperazine rings is 1. The highest BCUT2D eigenvalue weighted by Gasteiger charge is 2.32. The van der Waals surface area contributed by atoms with Crippen LogP contribution in [0.3, 0.4) is 0 Å². The van der Waals surface area contributed by atoms with Crippen molar-refractivity contribution in [1.29, 1.82) is 0 Å². The van der Waals surface area contributed by atoms with Crippen molar-refractivity contribution in [2.75, 3.05) is 19.6 Å². The second-order valence-corrected chi connectivity index (χ2v) is 5.62. The smallest absolute Gasteiger partial charge is 0.237 e. The molecule has 9 nitrogen and oxygen atoms in total. The van der Waals surface area contributed by atoms with Gasteiger partial charge < -0.3 is 10.6 Å². The molecule has 22 heavy (non-hydrogen) atoms. The standard InChI is InChI=1S/C13H23N7O2/c1-9(2)20-7-6-15-13(22)10(20)8-12(21)14-5-3-4-11-16-18-19-17-11/h9-10H,3-8H2,1-2H3,(H,14,21)(H,15,22)(H,16,17,18,19)/t10-/m0/s1. The minimum absolute atomic E-state index is 0.0677. The molecule has 0 saturated carbocycles. The van der Waals surface area contributed by atoms with Crippen LogP contribution < -0.4 is 10.6 Å². The topological polar surface area (TPSA) is 116 Å². The monoisotopic (exact) mass is 309 g/mol. The summed E-state index contributed by atoms with van der Waals surface area (Å²) in [5.41, 5.74) is 0. The number of aromatic amines is 1. The van der Waals surface area contributed by atoms with Crippen LogP contribution in [0.1, 0.15) is 32.5 Å². The molecule has 1 atom stereocenters. The number of hydrogen-bond acceptors (Lipinski definition) is 6. The maximum Gasteiger partial charge on any atom is 0.237 e. The lowest BCUT2D eigenvalue weighted by Gasteiger charge is -2.37. The first-order valence-corrected chi connectivity index (χ1v) is 7.60. The zero-order chi connectivity index (χ0) is 15.9. The number of nitrogens with one attached hydrogen (secondary N) is 3. The van der Waals surface area contributed by atoms with Gasteiger partial charge in [0.1, 0.15) is 0 Å². The van der Waals surface area contributed by atoms with Crippen molar-refractivity contribution in [3.63, 3.8) is 0 Å². The van der Waals surface area contributed by atoms with E-state index in [0.29, 0.717) is 25.3 Å². The summed E-state index contributed by atoms with van der Waals surface area (Å²) in [5.74, 6) is 0.453. The number of aromatic nitrogens is 4. The van der Waals surface area contributed by atoms with Gasteiger partial charge in [0.25, 0.3) is 0 Å². The van der Waals surface area contributed by atoms with E-state index in [1.807, 2.05) is 13.8 Å². The SMILES string of the molecule is CC(C)N1CCNC(=O)[C@@H]1CC(=O)NCCCc1nn[nH]n1. The van der Waals surface area contributed by atoms with Crippen LogP contribution in [0.4, 0.5) is 0 Å². The minimum atomic E-state index is -0.383. The van der Waals surface area contributed by atoms with E-state index in [2.05, 4.69) is 36.2 Å². The molecule has 0 radical (unpaired) electrons. The van der Waals surface area contributed by atoms with Crippen molar-refractivity contribution < 1.29 is 9.59 Å². The van der Waals surface area contributed by atoms with E-state index in [0.717, 1.165) is 13.0 Å². The number of tetrazole rings is 1. The normalized spacial score (nSPS) is 19.2. The van der Waals surface area contributed by atoms with Crippen molar-refractivity contribution in [1.82, 2.24) is 36.2 Å². The third-order valence-electron chi connectivity index (χ3n) is 3.70. The third kappa shape index (κ3) is 4.48. The predicted molar refractivity (Wildman–Crippen MR) is 78.8 cm³/mol. The highest BCUT2D eigenvalue weighted by atomic mass is 16.2. The van der Waals surface area contributed by atoms with Crippen molar-refractivity contribution >= 4 is 11.8 Å². The maximum atomic E-state index is 12.0. The molecule has 2 rings (SSSR count). The number of hydrogen-bond donors (Lipinski definition) is 3. The fraction of sp³-hybridized carbons (Fsp3) is 0.769. The van der Waals surface area contributed by atoms with Crippen molar-refractivity contribution in [3.05, 3.63) is 5.82 Å². The average molecular weight is 309 g/mol. The van der Waals surface area contributed by atoms with Gasteiger partial charge in [0, 0.05) is 32.1 Å². The lowest BCUT2D eigenvalue weighted by molar-refractivity contribution is -0.134. The summed E-state index contributed by atoms with van der Waals surface area (Å²) < 4.78 is 0. The van der Waals surface area contributed by atoms with Crippen molar-refractivity contribution in [2.45, 2.75) is 45.2 Å². The highest BCUT2D eigenvalue weighted by Crippen LogP contribution is 2.12. The van der Waals surface area contributed by atoms with Crippen LogP contribution in [-0.4, -0.2) is 69.1 Å². The van der Waals surface area contributed by atoms with Gasteiger partial charge in [-0.2, -0.15) is 5.21 Å². The summed E-state index contributed by atoms with van der Waals surface area (Å²) in [6, 6.07) is -0.145. The summed E-state index contributed by atoms with van der Waals surface area (Å²) in [7, 11) is 0. The molecule has 1 aliphatic rings. The van der Waals surface area contributed by atoms with Crippen LogP contribution in [0.5, 0.6) is 0 Å². The second kappa shape index (κ2) is 7.83. The predicted octanol–water partition coefficient (Wildman–Crippen LogP) is -1.15. The number of aryl methyl sites for hydroxylation is 1. The molecule has 0 unspecified atom stereocenters. The first-order valence-electron chi connectivity index (χ1n) is 7.60. The summed E-state index contributed by atoms with van der Waals surface area (Å²) in [6.07, 6.45) is 1.57. The van der Waals surface area contributed by atoms with Crippen LogP contribution in [0.25, 0.3) is 0 Å². The molecule has 122 valence electrons. The Labute approximate surface area is 129 Å². The van der Waals surface area contributed by atoms with E-state index >= 15 is 0 Å². The van der Waals surface area contributed by atoms with Gasteiger partial charge in [-0.1, -0.05) is 5.21 Å². The molecule has 0 spiro atoms. The van der Waals surface area contributed by atoms with E-state index in [9.17, 15) is 9.59 Å². The summed E-state index contributed by atoms with van der Waals surface area (Å²) in [4.78, 5) is 26.1. The quantitative estimate of drug-likeness (QED) is 0.548. The average Bonchev–Trinajstić information content (AvgIpc) is 2.99. The van der Waals surface area contributed by atoms with Gasteiger partial charge in [0.2, 0.25) is 11.8 Å². The van der Waals surface area contributed by atoms with Crippen LogP contribution in [-0.2, 0) is 16.0 Å². The molecule has 9 heteroatoms. The summed E-state index contributed by atoms with van der Waals surface area (Å²) >= 11 is 0. The second-order valence-electron chi connectivity index (χ2n) is 5.62. The Bertz CT molecular complexity index is 489. The van der Waals surface area contributed by atoms with Gasteiger partial charge in [-0.25, -0.2) is 0 Å². The van der Waals surface area contributed by atoms with Gasteiger partial charge in [0.05, 0.1) is 12.5 Å². The van der Waals surface area contributed by atoms with Crippen molar-refractivity contribution in [3.8, 4) is 0 Å². The van der Waals surface area contributed by atoms with Crippen LogP contribution in [0, 0.1) is 0 Å². The number of nitrogens with zero attached hydrogens (tertiary/aromatic N) is 4. The molecule has 2 amide bonds. The Hall–Kier alpha value is -2.03. The van der Waals surface area contributed by atoms with Gasteiger partial charge in [-0.05, 0) is 20.3 Å². The summed E-state index contributed by atoms with van der Waals surface area (Å²) in [6.45, 7) is 6.02. The molecule has 0 bridgehead atoms. The first kappa shape index (κ1) is 16.3. The van der Waals surface area contributed by atoms with Crippen LogP contribution in [0.2, 0.25) is 0 Å². The number of H-pyrrole nitrogens is 1. The van der Waals surface area contributed by atoms with Crippen LogP contribution in [0.15, 0.2) is 0 Å². The molecular weight excluding hydrogens is 286 g/mol. The Kier molecular flexibility index (Phi) is 5.82. The zero-order valence-corrected chi connectivity index (χ0v) is 13.0. The minimum Gasteiger partial charge on any atom is -0.356 e. The fourth-order valence-corrected chi connectivity index (χ4v) is 2.57. The molecule has 1 fully saturated rings. The summed E-state index contributed by atoms with van der Waals surface area (Å²) in [5, 5.41) is 19.2. The molecule has 1 aliphatic heterocycles. The molecule has 2 heterocycles. The van der Waals surface area contributed by atoms with Crippen molar-refractivity contribution in [2.24, 2.45) is 0 Å². The van der Waals surface area contributed by atoms with Crippen LogP contribution >= 0.6 is 0 Å². The maximum absolute atomic E-state index is 12.0. The van der Waals surface area contributed by atoms with Gasteiger partial charge in [-0.3, -0.25) is 14.5 Å². The molecule has 1 aromatic rings. The lowest BCUT2D eigenvalue weighted by Crippen LogP contribution is -2.58. The Balaban J connectivity index is 1.73. The molecule has 3 N–H and O–H groups in total. The highest BCUT2D eigenvalue weighted by molar-refractivity contribution is 5.88. The molecule has 1 saturated heterocycles. The molecule has 0 aromatic carbocycles. The Morgan fingerprint density at radius 2 is 2.32 bits per heavy atom. The Morgan fingerprint density at radius 1 is 1.50 bits per heavy atom. The largest absolute Gasteiger partial charge is 0.356 e. The van der Waals surface area contributed by atoms with E-state index in [1.165, 1.54) is 0 Å². The van der Waals surface area contributed by atoms with E-state index in [1.54, 1.807) is 0 Å². The van der Waals surface area contributed by atoms with Gasteiger partial charge in [-0.15, -0.1) is 10.2 Å². The van der Waals surface area contributed by atoms with E-state index in [4.69, 9.17) is 0 Å². The first-order chi connectivity index (χ1) is 10.6. The van der Waals surface area contributed by atoms with Gasteiger partial charge in [0.15, 0.2) is 5.82 Å². The number of amides is 2. The fourth-order valence-electron chi connectivity index (χ4n) is 2.57. The van der Waals surface area contributed by atoms with Gasteiger partial charge >= 0.3 is 0 Å². The zero-order valence-electron chi connectivity index (χ0n) is 13.0. The lowest BCUT2D eigenvalue weighted by atomic mass is 10.1. The number of rotatable bonds is 7. The molecular formula is C13H23N7O2. The molecule has 0 aliphatic carbocycles.